The highest BCUT2D eigenvalue weighted by molar-refractivity contribution is 6.36. The molecule has 2 heterocycles. The van der Waals surface area contributed by atoms with Crippen LogP contribution in [0.2, 0.25) is 5.02 Å². The van der Waals surface area contributed by atoms with Gasteiger partial charge in [-0.05, 0) is 55.5 Å². The zero-order chi connectivity index (χ0) is 22.1. The standard InChI is InChI=1S/C25H25BClN5/c1-31(19-13-17-7-2-3-8-18(17)14-19)12-6-11-28-24-15-23(20-9-4-5-10-22(20)27)30-25-21(26)16-29-32(24)25/h2-5,7-10,15-16,19,28H,6,11-14H2,1H3. The quantitative estimate of drug-likeness (QED) is 0.350. The fourth-order valence-electron chi connectivity index (χ4n) is 4.49. The summed E-state index contributed by atoms with van der Waals surface area (Å²) in [6.45, 7) is 1.85. The Morgan fingerprint density at radius 3 is 2.59 bits per heavy atom. The zero-order valence-electron chi connectivity index (χ0n) is 18.1. The van der Waals surface area contributed by atoms with Crippen molar-refractivity contribution in [3.63, 3.8) is 0 Å². The van der Waals surface area contributed by atoms with Gasteiger partial charge in [-0.3, -0.25) is 0 Å². The first-order valence-electron chi connectivity index (χ1n) is 11.0. The molecule has 0 amide bonds. The molecule has 0 saturated carbocycles. The van der Waals surface area contributed by atoms with Crippen molar-refractivity contribution in [3.8, 4) is 11.3 Å². The fraction of sp³-hybridized carbons (Fsp3) is 0.280. The van der Waals surface area contributed by atoms with Crippen molar-refractivity contribution in [3.05, 3.63) is 76.9 Å². The van der Waals surface area contributed by atoms with Gasteiger partial charge in [-0.1, -0.05) is 54.1 Å². The maximum absolute atomic E-state index is 6.41. The van der Waals surface area contributed by atoms with Crippen LogP contribution >= 0.6 is 11.6 Å². The number of rotatable bonds is 7. The Balaban J connectivity index is 1.26. The molecule has 1 aliphatic carbocycles. The van der Waals surface area contributed by atoms with Crippen molar-refractivity contribution in [2.45, 2.75) is 25.3 Å². The maximum atomic E-state index is 6.41. The molecule has 2 aromatic carbocycles. The third-order valence-electron chi connectivity index (χ3n) is 6.30. The molecule has 5 nitrogen and oxygen atoms in total. The van der Waals surface area contributed by atoms with E-state index >= 15 is 0 Å². The second-order valence-electron chi connectivity index (χ2n) is 8.43. The summed E-state index contributed by atoms with van der Waals surface area (Å²) in [5, 5.41) is 8.59. The molecule has 160 valence electrons. The van der Waals surface area contributed by atoms with E-state index in [2.05, 4.69) is 46.6 Å². The molecule has 5 rings (SSSR count). The summed E-state index contributed by atoms with van der Waals surface area (Å²) >= 11 is 6.41. The average Bonchev–Trinajstić information content (AvgIpc) is 3.41. The summed E-state index contributed by atoms with van der Waals surface area (Å²) in [5.41, 5.74) is 5.81. The summed E-state index contributed by atoms with van der Waals surface area (Å²) in [5.74, 6) is 0.859. The molecule has 1 aliphatic rings. The zero-order valence-corrected chi connectivity index (χ0v) is 18.9. The predicted molar refractivity (Wildman–Crippen MR) is 132 cm³/mol. The molecule has 32 heavy (non-hydrogen) atoms. The van der Waals surface area contributed by atoms with Crippen molar-refractivity contribution in [2.24, 2.45) is 0 Å². The number of hydrogen-bond acceptors (Lipinski definition) is 4. The highest BCUT2D eigenvalue weighted by Crippen LogP contribution is 2.28. The Morgan fingerprint density at radius 1 is 1.12 bits per heavy atom. The van der Waals surface area contributed by atoms with Crippen LogP contribution in [0.1, 0.15) is 17.5 Å². The Labute approximate surface area is 194 Å². The number of halogens is 1. The van der Waals surface area contributed by atoms with Crippen molar-refractivity contribution in [2.75, 3.05) is 25.5 Å². The van der Waals surface area contributed by atoms with Crippen LogP contribution in [-0.2, 0) is 12.8 Å². The lowest BCUT2D eigenvalue weighted by molar-refractivity contribution is 0.248. The van der Waals surface area contributed by atoms with Gasteiger partial charge in [0.15, 0.2) is 5.65 Å². The van der Waals surface area contributed by atoms with Crippen LogP contribution in [0, 0.1) is 0 Å². The Morgan fingerprint density at radius 2 is 1.84 bits per heavy atom. The lowest BCUT2D eigenvalue weighted by atomic mass is 10.0. The number of hydrogen-bond donors (Lipinski definition) is 1. The van der Waals surface area contributed by atoms with Crippen molar-refractivity contribution in [1.29, 1.82) is 0 Å². The number of nitrogens with zero attached hydrogens (tertiary/aromatic N) is 4. The molecule has 1 N–H and O–H groups in total. The molecule has 4 aromatic rings. The Bertz CT molecular complexity index is 1230. The summed E-state index contributed by atoms with van der Waals surface area (Å²) < 4.78 is 1.76. The summed E-state index contributed by atoms with van der Waals surface area (Å²) in [6, 6.07) is 19.1. The second kappa shape index (κ2) is 8.97. The molecule has 2 aromatic heterocycles. The SMILES string of the molecule is [B]c1cnn2c(NCCCN(C)C3Cc4ccccc4C3)cc(-c3ccccc3Cl)nc12. The van der Waals surface area contributed by atoms with Gasteiger partial charge < -0.3 is 10.2 Å². The molecule has 0 saturated heterocycles. The van der Waals surface area contributed by atoms with Gasteiger partial charge in [-0.2, -0.15) is 9.61 Å². The van der Waals surface area contributed by atoms with Crippen LogP contribution in [0.25, 0.3) is 16.9 Å². The van der Waals surface area contributed by atoms with Gasteiger partial charge in [0.05, 0.1) is 5.69 Å². The van der Waals surface area contributed by atoms with E-state index in [9.17, 15) is 0 Å². The van der Waals surface area contributed by atoms with Crippen LogP contribution in [0.3, 0.4) is 0 Å². The highest BCUT2D eigenvalue weighted by atomic mass is 35.5. The van der Waals surface area contributed by atoms with Gasteiger partial charge in [0.2, 0.25) is 0 Å². The van der Waals surface area contributed by atoms with Gasteiger partial charge in [0, 0.05) is 35.4 Å². The normalized spacial score (nSPS) is 13.7. The van der Waals surface area contributed by atoms with Crippen LogP contribution in [0.5, 0.6) is 0 Å². The van der Waals surface area contributed by atoms with Gasteiger partial charge in [-0.25, -0.2) is 4.98 Å². The highest BCUT2D eigenvalue weighted by Gasteiger charge is 2.23. The molecule has 0 atom stereocenters. The second-order valence-corrected chi connectivity index (χ2v) is 8.84. The van der Waals surface area contributed by atoms with Crippen molar-refractivity contribution < 1.29 is 0 Å². The monoisotopic (exact) mass is 441 g/mol. The summed E-state index contributed by atoms with van der Waals surface area (Å²) in [7, 11) is 8.34. The summed E-state index contributed by atoms with van der Waals surface area (Å²) in [6.07, 6.45) is 4.93. The third kappa shape index (κ3) is 4.13. The molecular formula is C25H25BClN5. The Kier molecular flexibility index (Phi) is 5.90. The lowest BCUT2D eigenvalue weighted by Crippen LogP contribution is -2.33. The van der Waals surface area contributed by atoms with Gasteiger partial charge in [0.1, 0.15) is 13.7 Å². The van der Waals surface area contributed by atoms with Crippen molar-refractivity contribution in [1.82, 2.24) is 19.5 Å². The van der Waals surface area contributed by atoms with E-state index in [4.69, 9.17) is 24.4 Å². The van der Waals surface area contributed by atoms with E-state index < -0.39 is 0 Å². The van der Waals surface area contributed by atoms with E-state index in [1.807, 2.05) is 30.3 Å². The van der Waals surface area contributed by atoms with Gasteiger partial charge in [0.25, 0.3) is 0 Å². The number of anilines is 1. The number of benzene rings is 2. The number of nitrogens with one attached hydrogen (secondary N) is 1. The molecule has 0 unspecified atom stereocenters. The molecule has 7 heteroatoms. The molecular weight excluding hydrogens is 417 g/mol. The number of likely N-dealkylation sites (N-methyl/N-ethyl adjacent to an activating group) is 1. The maximum Gasteiger partial charge on any atom is 0.150 e. The van der Waals surface area contributed by atoms with Crippen LogP contribution in [0.15, 0.2) is 60.8 Å². The minimum absolute atomic E-state index is 0.544. The lowest BCUT2D eigenvalue weighted by Gasteiger charge is -2.24. The average molecular weight is 442 g/mol. The minimum atomic E-state index is 0.544. The predicted octanol–water partition coefficient (Wildman–Crippen LogP) is 3.74. The van der Waals surface area contributed by atoms with E-state index in [-0.39, 0.29) is 0 Å². The van der Waals surface area contributed by atoms with Gasteiger partial charge in [-0.15, -0.1) is 0 Å². The topological polar surface area (TPSA) is 45.5 Å². The smallest absolute Gasteiger partial charge is 0.150 e. The molecule has 0 fully saturated rings. The van der Waals surface area contributed by atoms with E-state index in [1.54, 1.807) is 10.7 Å². The molecule has 2 radical (unpaired) electrons. The Hall–Kier alpha value is -2.83. The minimum Gasteiger partial charge on any atom is -0.370 e. The molecule has 0 spiro atoms. The van der Waals surface area contributed by atoms with E-state index in [1.165, 1.54) is 11.1 Å². The molecule has 0 bridgehead atoms. The molecule has 0 aliphatic heterocycles. The number of fused-ring (bicyclic) bond motifs is 2. The first-order valence-corrected chi connectivity index (χ1v) is 11.4. The first-order chi connectivity index (χ1) is 15.6. The largest absolute Gasteiger partial charge is 0.370 e. The van der Waals surface area contributed by atoms with Crippen LogP contribution in [-0.4, -0.2) is 53.5 Å². The van der Waals surface area contributed by atoms with E-state index in [0.717, 1.165) is 49.4 Å². The van der Waals surface area contributed by atoms with Crippen LogP contribution in [0.4, 0.5) is 5.82 Å². The summed E-state index contributed by atoms with van der Waals surface area (Å²) in [4.78, 5) is 7.17. The van der Waals surface area contributed by atoms with Crippen molar-refractivity contribution >= 4 is 36.4 Å². The van der Waals surface area contributed by atoms with E-state index in [0.29, 0.717) is 22.2 Å². The van der Waals surface area contributed by atoms with Crippen LogP contribution < -0.4 is 10.8 Å². The number of aromatic nitrogens is 3. The third-order valence-corrected chi connectivity index (χ3v) is 6.63. The van der Waals surface area contributed by atoms with Gasteiger partial charge >= 0.3 is 0 Å². The first kappa shape index (κ1) is 21.0. The fourth-order valence-corrected chi connectivity index (χ4v) is 4.72.